The molecule has 24 heavy (non-hydrogen) atoms. The summed E-state index contributed by atoms with van der Waals surface area (Å²) in [5, 5.41) is 14.5. The van der Waals surface area contributed by atoms with Gasteiger partial charge in [-0.2, -0.15) is 0 Å². The van der Waals surface area contributed by atoms with E-state index in [-0.39, 0.29) is 17.5 Å². The summed E-state index contributed by atoms with van der Waals surface area (Å²) in [4.78, 5) is 12.2. The average molecular weight is 348 g/mol. The molecule has 0 aliphatic heterocycles. The maximum Gasteiger partial charge on any atom is 0.315 e. The Kier molecular flexibility index (Phi) is 4.76. The van der Waals surface area contributed by atoms with E-state index in [1.807, 2.05) is 26.1 Å². The third-order valence-electron chi connectivity index (χ3n) is 4.84. The number of aromatic nitrogens is 3. The highest BCUT2D eigenvalue weighted by Crippen LogP contribution is 2.43. The Hall–Kier alpha value is -2.08. The van der Waals surface area contributed by atoms with Crippen LogP contribution in [0.5, 0.6) is 0 Å². The highest BCUT2D eigenvalue weighted by atomic mass is 35.5. The van der Waals surface area contributed by atoms with Gasteiger partial charge in [-0.3, -0.25) is 0 Å². The molecule has 6 nitrogen and oxygen atoms in total. The lowest BCUT2D eigenvalue weighted by molar-refractivity contribution is 0.212. The van der Waals surface area contributed by atoms with Crippen LogP contribution in [0.25, 0.3) is 0 Å². The highest BCUT2D eigenvalue weighted by Gasteiger charge is 2.38. The number of urea groups is 1. The predicted molar refractivity (Wildman–Crippen MR) is 92.9 cm³/mol. The van der Waals surface area contributed by atoms with Crippen LogP contribution in [-0.2, 0) is 12.5 Å². The molecule has 1 saturated carbocycles. The monoisotopic (exact) mass is 347 g/mol. The van der Waals surface area contributed by atoms with E-state index in [0.29, 0.717) is 6.54 Å². The van der Waals surface area contributed by atoms with E-state index >= 15 is 0 Å². The van der Waals surface area contributed by atoms with Gasteiger partial charge in [0.2, 0.25) is 0 Å². The Balaban J connectivity index is 1.58. The molecule has 2 aromatic rings. The second-order valence-electron chi connectivity index (χ2n) is 6.49. The number of hydrogen-bond acceptors (Lipinski definition) is 3. The molecule has 7 heteroatoms. The molecular weight excluding hydrogens is 326 g/mol. The smallest absolute Gasteiger partial charge is 0.315 e. The molecule has 1 heterocycles. The van der Waals surface area contributed by atoms with E-state index in [4.69, 9.17) is 11.6 Å². The van der Waals surface area contributed by atoms with Gasteiger partial charge in [-0.25, -0.2) is 4.79 Å². The summed E-state index contributed by atoms with van der Waals surface area (Å²) in [6, 6.07) is 7.54. The number of nitrogens with zero attached hydrogens (tertiary/aromatic N) is 3. The first-order chi connectivity index (χ1) is 11.5. The van der Waals surface area contributed by atoms with Gasteiger partial charge in [-0.1, -0.05) is 30.2 Å². The quantitative estimate of drug-likeness (QED) is 0.873. The minimum atomic E-state index is -0.203. The van der Waals surface area contributed by atoms with Crippen LogP contribution >= 0.6 is 11.6 Å². The van der Waals surface area contributed by atoms with Gasteiger partial charge < -0.3 is 15.2 Å². The first-order valence-electron chi connectivity index (χ1n) is 8.14. The maximum atomic E-state index is 12.2. The molecule has 3 rings (SSSR count). The van der Waals surface area contributed by atoms with Crippen molar-refractivity contribution in [2.45, 2.75) is 37.6 Å². The van der Waals surface area contributed by atoms with E-state index in [2.05, 4.69) is 33.0 Å². The molecule has 1 fully saturated rings. The summed E-state index contributed by atoms with van der Waals surface area (Å²) in [6.45, 7) is 2.51. The molecular formula is C17H22ClN5O. The summed E-state index contributed by atoms with van der Waals surface area (Å²) in [6.07, 6.45) is 4.96. The minimum Gasteiger partial charge on any atom is -0.337 e. The highest BCUT2D eigenvalue weighted by molar-refractivity contribution is 6.30. The summed E-state index contributed by atoms with van der Waals surface area (Å²) >= 11 is 5.98. The fourth-order valence-electron chi connectivity index (χ4n) is 3.22. The van der Waals surface area contributed by atoms with E-state index in [1.54, 1.807) is 10.9 Å². The van der Waals surface area contributed by atoms with Gasteiger partial charge in [0, 0.05) is 24.0 Å². The number of amides is 2. The first kappa shape index (κ1) is 16.8. The lowest BCUT2D eigenvalue weighted by atomic mass is 9.64. The third-order valence-corrected chi connectivity index (χ3v) is 5.09. The minimum absolute atomic E-state index is 0.0238. The van der Waals surface area contributed by atoms with E-state index in [1.165, 1.54) is 12.0 Å². The molecule has 2 amide bonds. The SMILES string of the molecule is CC(NC(=O)NCC1(c2ccc(Cl)cc2)CCC1)c1nncn1C. The van der Waals surface area contributed by atoms with Crippen molar-refractivity contribution in [2.75, 3.05) is 6.54 Å². The predicted octanol–water partition coefficient (Wildman–Crippen LogP) is 2.95. The summed E-state index contributed by atoms with van der Waals surface area (Å²) in [7, 11) is 1.86. The number of carbonyl (C=O) groups is 1. The molecule has 1 unspecified atom stereocenters. The van der Waals surface area contributed by atoms with Gasteiger partial charge in [0.1, 0.15) is 6.33 Å². The second kappa shape index (κ2) is 6.81. The van der Waals surface area contributed by atoms with Crippen LogP contribution in [0.4, 0.5) is 4.79 Å². The zero-order valence-electron chi connectivity index (χ0n) is 13.9. The molecule has 0 saturated heterocycles. The summed E-state index contributed by atoms with van der Waals surface area (Å²) < 4.78 is 1.80. The number of rotatable bonds is 5. The van der Waals surface area contributed by atoms with Crippen molar-refractivity contribution in [1.82, 2.24) is 25.4 Å². The van der Waals surface area contributed by atoms with Gasteiger partial charge in [0.25, 0.3) is 0 Å². The molecule has 1 aliphatic rings. The number of benzene rings is 1. The van der Waals surface area contributed by atoms with Crippen LogP contribution in [0.2, 0.25) is 5.02 Å². The topological polar surface area (TPSA) is 71.8 Å². The molecule has 2 N–H and O–H groups in total. The molecule has 1 aromatic carbocycles. The number of nitrogens with one attached hydrogen (secondary N) is 2. The molecule has 0 radical (unpaired) electrons. The Morgan fingerprint density at radius 2 is 2.08 bits per heavy atom. The molecule has 1 aliphatic carbocycles. The van der Waals surface area contributed by atoms with Crippen molar-refractivity contribution < 1.29 is 4.79 Å². The first-order valence-corrected chi connectivity index (χ1v) is 8.52. The van der Waals surface area contributed by atoms with Gasteiger partial charge >= 0.3 is 6.03 Å². The average Bonchev–Trinajstić information content (AvgIpc) is 2.94. The fourth-order valence-corrected chi connectivity index (χ4v) is 3.35. The van der Waals surface area contributed by atoms with E-state index in [0.717, 1.165) is 23.7 Å². The standard InChI is InChI=1S/C17H22ClN5O/c1-12(15-22-20-11-23(15)2)21-16(24)19-10-17(8-3-9-17)13-4-6-14(18)7-5-13/h4-7,11-12H,3,8-10H2,1-2H3,(H2,19,21,24). The second-order valence-corrected chi connectivity index (χ2v) is 6.93. The van der Waals surface area contributed by atoms with Crippen LogP contribution in [0, 0.1) is 0 Å². The van der Waals surface area contributed by atoms with Crippen LogP contribution in [0.1, 0.15) is 43.6 Å². The Morgan fingerprint density at radius 1 is 1.38 bits per heavy atom. The molecule has 128 valence electrons. The summed E-state index contributed by atoms with van der Waals surface area (Å²) in [5.74, 6) is 0.723. The van der Waals surface area contributed by atoms with Crippen molar-refractivity contribution in [3.05, 3.63) is 47.0 Å². The van der Waals surface area contributed by atoms with Crippen molar-refractivity contribution in [3.8, 4) is 0 Å². The van der Waals surface area contributed by atoms with Crippen molar-refractivity contribution in [3.63, 3.8) is 0 Å². The lowest BCUT2D eigenvalue weighted by Crippen LogP contribution is -2.48. The van der Waals surface area contributed by atoms with E-state index in [9.17, 15) is 4.79 Å². The molecule has 1 atom stereocenters. The lowest BCUT2D eigenvalue weighted by Gasteiger charge is -2.42. The number of hydrogen-bond donors (Lipinski definition) is 2. The van der Waals surface area contributed by atoms with E-state index < -0.39 is 0 Å². The zero-order chi connectivity index (χ0) is 17.2. The summed E-state index contributed by atoms with van der Waals surface area (Å²) in [5.41, 5.74) is 1.26. The normalized spacial score (nSPS) is 17.0. The Labute approximate surface area is 146 Å². The Morgan fingerprint density at radius 3 is 2.62 bits per heavy atom. The Bertz CT molecular complexity index is 708. The van der Waals surface area contributed by atoms with Gasteiger partial charge in [0.05, 0.1) is 6.04 Å². The van der Waals surface area contributed by atoms with Crippen LogP contribution in [-0.4, -0.2) is 27.3 Å². The number of carbonyl (C=O) groups excluding carboxylic acids is 1. The van der Waals surface area contributed by atoms with Crippen molar-refractivity contribution >= 4 is 17.6 Å². The number of halogens is 1. The number of aryl methyl sites for hydroxylation is 1. The van der Waals surface area contributed by atoms with Crippen molar-refractivity contribution in [1.29, 1.82) is 0 Å². The molecule has 0 bridgehead atoms. The van der Waals surface area contributed by atoms with Crippen LogP contribution in [0.3, 0.4) is 0 Å². The van der Waals surface area contributed by atoms with Gasteiger partial charge in [-0.15, -0.1) is 10.2 Å². The molecule has 1 aromatic heterocycles. The van der Waals surface area contributed by atoms with Crippen molar-refractivity contribution in [2.24, 2.45) is 7.05 Å². The maximum absolute atomic E-state index is 12.2. The largest absolute Gasteiger partial charge is 0.337 e. The molecule has 0 spiro atoms. The fraction of sp³-hybridized carbons (Fsp3) is 0.471. The van der Waals surface area contributed by atoms with Crippen LogP contribution in [0.15, 0.2) is 30.6 Å². The van der Waals surface area contributed by atoms with Gasteiger partial charge in [0.15, 0.2) is 5.82 Å². The zero-order valence-corrected chi connectivity index (χ0v) is 14.7. The third kappa shape index (κ3) is 3.38. The van der Waals surface area contributed by atoms with Crippen LogP contribution < -0.4 is 10.6 Å². The van der Waals surface area contributed by atoms with Gasteiger partial charge in [-0.05, 0) is 37.5 Å².